The van der Waals surface area contributed by atoms with E-state index in [0.29, 0.717) is 36.6 Å². The SMILES string of the molecule is Cc1cccc(Cl)c1NC(=O)C1N(CCCCO)C(=O)[C@@H]2[C@@H](C(=O)NCc3ccccc3)[C@H]3CC(C)C12S3. The highest BCUT2D eigenvalue weighted by Crippen LogP contribution is 2.68. The van der Waals surface area contributed by atoms with Crippen molar-refractivity contribution in [1.29, 1.82) is 0 Å². The number of unbranched alkanes of at least 4 members (excludes halogenated alkanes) is 1. The van der Waals surface area contributed by atoms with Crippen LogP contribution in [0.5, 0.6) is 0 Å². The number of likely N-dealkylation sites (tertiary alicyclic amines) is 1. The summed E-state index contributed by atoms with van der Waals surface area (Å²) in [4.78, 5) is 43.4. The third-order valence-corrected chi connectivity index (χ3v) is 10.8. The number of aliphatic hydroxyl groups is 1. The number of fused-ring (bicyclic) bond motifs is 1. The van der Waals surface area contributed by atoms with E-state index < -0.39 is 22.6 Å². The lowest BCUT2D eigenvalue weighted by Gasteiger charge is -2.38. The zero-order chi connectivity index (χ0) is 27.0. The zero-order valence-corrected chi connectivity index (χ0v) is 23.2. The molecular formula is C29H34ClN3O4S. The van der Waals surface area contributed by atoms with Crippen LogP contribution >= 0.6 is 23.4 Å². The van der Waals surface area contributed by atoms with Crippen LogP contribution in [-0.4, -0.2) is 56.9 Å². The zero-order valence-electron chi connectivity index (χ0n) is 21.7. The summed E-state index contributed by atoms with van der Waals surface area (Å²) in [6.45, 7) is 4.75. The van der Waals surface area contributed by atoms with Gasteiger partial charge < -0.3 is 20.6 Å². The molecule has 0 aromatic heterocycles. The van der Waals surface area contributed by atoms with Gasteiger partial charge in [-0.2, -0.15) is 0 Å². The number of benzene rings is 2. The number of rotatable bonds is 9. The molecule has 0 saturated carbocycles. The number of halogens is 1. The fourth-order valence-corrected chi connectivity index (χ4v) is 9.33. The van der Waals surface area contributed by atoms with Crippen molar-refractivity contribution in [1.82, 2.24) is 10.2 Å². The number of nitrogens with zero attached hydrogens (tertiary/aromatic N) is 1. The van der Waals surface area contributed by atoms with Gasteiger partial charge in [-0.15, -0.1) is 11.8 Å². The number of thioether (sulfide) groups is 1. The average molecular weight is 556 g/mol. The van der Waals surface area contributed by atoms with Crippen LogP contribution in [0.1, 0.15) is 37.3 Å². The monoisotopic (exact) mass is 555 g/mol. The normalized spacial score (nSPS) is 29.4. The van der Waals surface area contributed by atoms with E-state index in [4.69, 9.17) is 11.6 Å². The minimum atomic E-state index is -0.730. The fourth-order valence-electron chi connectivity index (χ4n) is 6.64. The molecule has 3 aliphatic heterocycles. The first-order valence-electron chi connectivity index (χ1n) is 13.3. The maximum absolute atomic E-state index is 14.1. The van der Waals surface area contributed by atoms with E-state index in [0.717, 1.165) is 17.5 Å². The third-order valence-electron chi connectivity index (χ3n) is 8.38. The third kappa shape index (κ3) is 4.50. The Balaban J connectivity index is 1.46. The molecule has 3 saturated heterocycles. The Bertz CT molecular complexity index is 1210. The van der Waals surface area contributed by atoms with Crippen molar-refractivity contribution in [2.45, 2.75) is 55.7 Å². The largest absolute Gasteiger partial charge is 0.396 e. The highest BCUT2D eigenvalue weighted by Gasteiger charge is 2.75. The molecule has 7 nitrogen and oxygen atoms in total. The number of hydrogen-bond donors (Lipinski definition) is 3. The Morgan fingerprint density at radius 3 is 2.61 bits per heavy atom. The van der Waals surface area contributed by atoms with Crippen molar-refractivity contribution >= 4 is 46.8 Å². The molecular weight excluding hydrogens is 522 g/mol. The molecule has 0 radical (unpaired) electrons. The van der Waals surface area contributed by atoms with Gasteiger partial charge in [-0.25, -0.2) is 0 Å². The summed E-state index contributed by atoms with van der Waals surface area (Å²) in [7, 11) is 0. The van der Waals surface area contributed by atoms with Gasteiger partial charge in [0, 0.05) is 24.9 Å². The second-order valence-corrected chi connectivity index (χ2v) is 12.6. The fraction of sp³-hybridized carbons (Fsp3) is 0.483. The predicted molar refractivity (Wildman–Crippen MR) is 150 cm³/mol. The van der Waals surface area contributed by atoms with Crippen LogP contribution in [0.15, 0.2) is 48.5 Å². The number of carbonyl (C=O) groups is 3. The molecule has 3 fully saturated rings. The maximum Gasteiger partial charge on any atom is 0.248 e. The number of carbonyl (C=O) groups excluding carboxylic acids is 3. The number of aryl methyl sites for hydroxylation is 1. The van der Waals surface area contributed by atoms with Gasteiger partial charge in [-0.1, -0.05) is 61.0 Å². The number of para-hydroxylation sites is 1. The van der Waals surface area contributed by atoms with E-state index in [1.165, 1.54) is 0 Å². The molecule has 3 heterocycles. The molecule has 2 bridgehead atoms. The molecule has 3 amide bonds. The van der Waals surface area contributed by atoms with Crippen molar-refractivity contribution < 1.29 is 19.5 Å². The lowest BCUT2D eigenvalue weighted by atomic mass is 9.66. The Kier molecular flexibility index (Phi) is 7.76. The summed E-state index contributed by atoms with van der Waals surface area (Å²) >= 11 is 8.08. The Labute approximate surface area is 232 Å². The van der Waals surface area contributed by atoms with Gasteiger partial charge in [-0.3, -0.25) is 14.4 Å². The topological polar surface area (TPSA) is 98.7 Å². The standard InChI is InChI=1S/C29H34ClN3O4S/c1-17-9-8-12-20(30)24(17)32-27(36)25-29-18(2)15-21(38-29)22(23(29)28(37)33(25)13-6-7-14-34)26(35)31-16-19-10-4-3-5-11-19/h3-5,8-12,18,21-23,25,34H,6-7,13-16H2,1-2H3,(H,31,35)(H,32,36)/t18?,21-,22+,23+,25?,29?/m1/s1. The number of hydrogen-bond acceptors (Lipinski definition) is 5. The summed E-state index contributed by atoms with van der Waals surface area (Å²) in [5.41, 5.74) is 2.38. The lowest BCUT2D eigenvalue weighted by Crippen LogP contribution is -2.55. The van der Waals surface area contributed by atoms with E-state index in [1.54, 1.807) is 22.7 Å². The Hall–Kier alpha value is -2.55. The van der Waals surface area contributed by atoms with Crippen molar-refractivity contribution in [2.75, 3.05) is 18.5 Å². The first-order valence-corrected chi connectivity index (χ1v) is 14.5. The van der Waals surface area contributed by atoms with Gasteiger partial charge >= 0.3 is 0 Å². The van der Waals surface area contributed by atoms with Crippen LogP contribution in [0.3, 0.4) is 0 Å². The van der Waals surface area contributed by atoms with E-state index in [9.17, 15) is 19.5 Å². The highest BCUT2D eigenvalue weighted by molar-refractivity contribution is 8.02. The molecule has 0 aliphatic carbocycles. The summed E-state index contributed by atoms with van der Waals surface area (Å²) in [5, 5.41) is 15.9. The van der Waals surface area contributed by atoms with Crippen LogP contribution in [0.2, 0.25) is 5.02 Å². The number of anilines is 1. The van der Waals surface area contributed by atoms with E-state index in [-0.39, 0.29) is 35.5 Å². The molecule has 3 N–H and O–H groups in total. The molecule has 1 spiro atoms. The van der Waals surface area contributed by atoms with Crippen LogP contribution in [0.25, 0.3) is 0 Å². The molecule has 38 heavy (non-hydrogen) atoms. The predicted octanol–water partition coefficient (Wildman–Crippen LogP) is 4.01. The Morgan fingerprint density at radius 2 is 1.89 bits per heavy atom. The van der Waals surface area contributed by atoms with Crippen LogP contribution in [0, 0.1) is 24.7 Å². The first kappa shape index (κ1) is 27.0. The van der Waals surface area contributed by atoms with Gasteiger partial charge in [-0.05, 0) is 49.3 Å². The van der Waals surface area contributed by atoms with Crippen molar-refractivity contribution in [3.05, 3.63) is 64.7 Å². The molecule has 3 aliphatic rings. The number of amides is 3. The maximum atomic E-state index is 14.1. The highest BCUT2D eigenvalue weighted by atomic mass is 35.5. The molecule has 6 atom stereocenters. The smallest absolute Gasteiger partial charge is 0.248 e. The summed E-state index contributed by atoms with van der Waals surface area (Å²) in [5.74, 6) is -1.53. The number of nitrogens with one attached hydrogen (secondary N) is 2. The van der Waals surface area contributed by atoms with Crippen molar-refractivity contribution in [3.63, 3.8) is 0 Å². The second kappa shape index (κ2) is 10.9. The van der Waals surface area contributed by atoms with E-state index in [2.05, 4.69) is 17.6 Å². The van der Waals surface area contributed by atoms with Gasteiger partial charge in [0.15, 0.2) is 0 Å². The van der Waals surface area contributed by atoms with Gasteiger partial charge in [0.25, 0.3) is 0 Å². The quantitative estimate of drug-likeness (QED) is 0.406. The average Bonchev–Trinajstić information content (AvgIpc) is 3.49. The Morgan fingerprint density at radius 1 is 1.13 bits per heavy atom. The molecule has 3 unspecified atom stereocenters. The minimum absolute atomic E-state index is 0.0179. The first-order chi connectivity index (χ1) is 18.3. The van der Waals surface area contributed by atoms with Gasteiger partial charge in [0.2, 0.25) is 17.7 Å². The van der Waals surface area contributed by atoms with Crippen LogP contribution < -0.4 is 10.6 Å². The molecule has 2 aromatic carbocycles. The van der Waals surface area contributed by atoms with E-state index >= 15 is 0 Å². The van der Waals surface area contributed by atoms with Crippen LogP contribution in [-0.2, 0) is 20.9 Å². The summed E-state index contributed by atoms with van der Waals surface area (Å²) < 4.78 is -0.699. The molecule has 9 heteroatoms. The summed E-state index contributed by atoms with van der Waals surface area (Å²) in [6.07, 6.45) is 1.89. The summed E-state index contributed by atoms with van der Waals surface area (Å²) in [6, 6.07) is 14.4. The van der Waals surface area contributed by atoms with Crippen molar-refractivity contribution in [2.24, 2.45) is 17.8 Å². The molecule has 5 rings (SSSR count). The number of aliphatic hydroxyl groups excluding tert-OH is 1. The molecule has 2 aromatic rings. The van der Waals surface area contributed by atoms with Crippen LogP contribution in [0.4, 0.5) is 5.69 Å². The second-order valence-electron chi connectivity index (χ2n) is 10.6. The lowest BCUT2D eigenvalue weighted by molar-refractivity contribution is -0.139. The minimum Gasteiger partial charge on any atom is -0.396 e. The van der Waals surface area contributed by atoms with Gasteiger partial charge in [0.05, 0.1) is 27.3 Å². The van der Waals surface area contributed by atoms with Gasteiger partial charge in [0.1, 0.15) is 6.04 Å². The molecule has 202 valence electrons. The van der Waals surface area contributed by atoms with Crippen molar-refractivity contribution in [3.8, 4) is 0 Å². The van der Waals surface area contributed by atoms with E-state index in [1.807, 2.05) is 49.4 Å².